The Bertz CT molecular complexity index is 812. The predicted octanol–water partition coefficient (Wildman–Crippen LogP) is -2.42. The predicted molar refractivity (Wildman–Crippen MR) is 66.0 cm³/mol. The normalized spacial score (nSPS) is 12.1. The first-order chi connectivity index (χ1) is 8.15. The summed E-state index contributed by atoms with van der Waals surface area (Å²) in [5.74, 6) is 0. The average Bonchev–Trinajstić information content (AvgIpc) is 2.53. The largest absolute Gasteiger partial charge is 1.00 e. The van der Waals surface area contributed by atoms with Crippen LogP contribution in [0, 0.1) is 0 Å². The van der Waals surface area contributed by atoms with Crippen LogP contribution in [0.5, 0.6) is 0 Å². The number of thiazole rings is 1. The maximum Gasteiger partial charge on any atom is 1.00 e. The van der Waals surface area contributed by atoms with Gasteiger partial charge >= 0.3 is 29.6 Å². The van der Waals surface area contributed by atoms with Gasteiger partial charge in [0.1, 0.15) is 10.1 Å². The van der Waals surface area contributed by atoms with Crippen LogP contribution < -0.4 is 34.3 Å². The van der Waals surface area contributed by atoms with Crippen LogP contribution in [-0.4, -0.2) is 32.6 Å². The number of anilines is 1. The fourth-order valence-electron chi connectivity index (χ4n) is 1.26. The Morgan fingerprint density at radius 3 is 2.42 bits per heavy atom. The van der Waals surface area contributed by atoms with Gasteiger partial charge in [-0.3, -0.25) is 4.72 Å². The van der Waals surface area contributed by atoms with Crippen LogP contribution in [0.4, 0.5) is 5.13 Å². The standard InChI is InChI=1S/C8H8N2O5S3.Na/c1-17(11,12)10-8-9-6-3-2-5(18(13,14)15)4-7(6)16-8;/h2-4H,1H3,(H,9,10)(H,13,14,15);/q;+1/p-1. The molecule has 19 heavy (non-hydrogen) atoms. The second-order valence-corrected chi connectivity index (χ2v) is 7.64. The van der Waals surface area contributed by atoms with Crippen molar-refractivity contribution < 1.29 is 50.9 Å². The molecular weight excluding hydrogens is 323 g/mol. The molecule has 0 aliphatic heterocycles. The molecule has 0 bridgehead atoms. The molecule has 1 heterocycles. The zero-order chi connectivity index (χ0) is 13.6. The fourth-order valence-corrected chi connectivity index (χ4v) is 3.57. The topological polar surface area (TPSA) is 116 Å². The Morgan fingerprint density at radius 1 is 1.26 bits per heavy atom. The molecule has 7 nitrogen and oxygen atoms in total. The first-order valence-electron chi connectivity index (χ1n) is 4.49. The molecule has 2 aromatic rings. The number of fused-ring (bicyclic) bond motifs is 1. The van der Waals surface area contributed by atoms with Crippen molar-refractivity contribution in [3.05, 3.63) is 18.2 Å². The van der Waals surface area contributed by atoms with Crippen molar-refractivity contribution in [3.8, 4) is 0 Å². The number of nitrogens with zero attached hydrogens (tertiary/aromatic N) is 1. The molecule has 0 amide bonds. The molecular formula is C8H7N2NaO5S3. The van der Waals surface area contributed by atoms with Gasteiger partial charge in [0.25, 0.3) is 0 Å². The maximum absolute atomic E-state index is 11.0. The Balaban J connectivity index is 0.00000180. The molecule has 1 aromatic carbocycles. The molecule has 1 N–H and O–H groups in total. The molecule has 0 unspecified atom stereocenters. The third-order valence-corrected chi connectivity index (χ3v) is 4.38. The van der Waals surface area contributed by atoms with Crippen molar-refractivity contribution in [2.45, 2.75) is 4.90 Å². The quantitative estimate of drug-likeness (QED) is 0.494. The van der Waals surface area contributed by atoms with Gasteiger partial charge in [-0.1, -0.05) is 11.3 Å². The number of rotatable bonds is 3. The van der Waals surface area contributed by atoms with Crippen LogP contribution in [0.15, 0.2) is 23.1 Å². The number of aromatic nitrogens is 1. The number of sulfonamides is 1. The molecule has 0 fully saturated rings. The molecule has 0 spiro atoms. The monoisotopic (exact) mass is 330 g/mol. The number of benzene rings is 1. The summed E-state index contributed by atoms with van der Waals surface area (Å²) in [5, 5.41) is 0.118. The van der Waals surface area contributed by atoms with E-state index in [1.54, 1.807) is 0 Å². The molecule has 0 radical (unpaired) electrons. The van der Waals surface area contributed by atoms with Crippen molar-refractivity contribution in [2.24, 2.45) is 0 Å². The molecule has 11 heteroatoms. The van der Waals surface area contributed by atoms with Crippen molar-refractivity contribution in [1.82, 2.24) is 4.98 Å². The van der Waals surface area contributed by atoms with Crippen LogP contribution in [-0.2, 0) is 20.1 Å². The molecule has 98 valence electrons. The molecule has 0 saturated carbocycles. The summed E-state index contributed by atoms with van der Waals surface area (Å²) >= 11 is 0.950. The summed E-state index contributed by atoms with van der Waals surface area (Å²) in [6.45, 7) is 0. The number of hydrogen-bond acceptors (Lipinski definition) is 7. The summed E-state index contributed by atoms with van der Waals surface area (Å²) in [6.07, 6.45) is 0.979. The van der Waals surface area contributed by atoms with E-state index in [0.717, 1.165) is 23.7 Å². The Hall–Kier alpha value is -0.230. The zero-order valence-corrected chi connectivity index (χ0v) is 14.4. The van der Waals surface area contributed by atoms with Gasteiger partial charge in [0.15, 0.2) is 5.13 Å². The summed E-state index contributed by atoms with van der Waals surface area (Å²) < 4.78 is 57.1. The van der Waals surface area contributed by atoms with Crippen molar-refractivity contribution >= 4 is 46.8 Å². The minimum atomic E-state index is -4.53. The fraction of sp³-hybridized carbons (Fsp3) is 0.125. The van der Waals surface area contributed by atoms with Gasteiger partial charge in [-0.15, -0.1) is 0 Å². The first kappa shape index (κ1) is 16.8. The van der Waals surface area contributed by atoms with Gasteiger partial charge in [0.2, 0.25) is 10.0 Å². The van der Waals surface area contributed by atoms with E-state index in [0.29, 0.717) is 10.2 Å². The van der Waals surface area contributed by atoms with Gasteiger partial charge in [0.05, 0.1) is 21.4 Å². The minimum absolute atomic E-state index is 0. The van der Waals surface area contributed by atoms with Gasteiger partial charge in [-0.05, 0) is 18.2 Å². The van der Waals surface area contributed by atoms with Gasteiger partial charge in [0, 0.05) is 0 Å². The third-order valence-electron chi connectivity index (χ3n) is 1.92. The van der Waals surface area contributed by atoms with Gasteiger partial charge in [-0.2, -0.15) is 0 Å². The second-order valence-electron chi connectivity index (χ2n) is 3.48. The Labute approximate surface area is 136 Å². The van der Waals surface area contributed by atoms with E-state index < -0.39 is 20.1 Å². The molecule has 1 aromatic heterocycles. The smallest absolute Gasteiger partial charge is 0.744 e. The van der Waals surface area contributed by atoms with E-state index in [-0.39, 0.29) is 39.6 Å². The summed E-state index contributed by atoms with van der Waals surface area (Å²) in [4.78, 5) is 3.58. The van der Waals surface area contributed by atoms with Crippen molar-refractivity contribution in [3.63, 3.8) is 0 Å². The summed E-state index contributed by atoms with van der Waals surface area (Å²) in [5.41, 5.74) is 0.415. The average molecular weight is 330 g/mol. The summed E-state index contributed by atoms with van der Waals surface area (Å²) in [7, 11) is -7.98. The molecule has 0 saturated heterocycles. The Kier molecular flexibility index (Phi) is 4.99. The van der Waals surface area contributed by atoms with E-state index in [4.69, 9.17) is 0 Å². The molecule has 2 rings (SSSR count). The third kappa shape index (κ3) is 4.38. The van der Waals surface area contributed by atoms with Crippen molar-refractivity contribution in [2.75, 3.05) is 11.0 Å². The molecule has 0 aliphatic carbocycles. The second kappa shape index (κ2) is 5.64. The van der Waals surface area contributed by atoms with Crippen LogP contribution >= 0.6 is 11.3 Å². The van der Waals surface area contributed by atoms with E-state index in [9.17, 15) is 21.4 Å². The van der Waals surface area contributed by atoms with Gasteiger partial charge < -0.3 is 4.55 Å². The minimum Gasteiger partial charge on any atom is -0.744 e. The maximum atomic E-state index is 11.0. The van der Waals surface area contributed by atoms with E-state index in [1.807, 2.05) is 0 Å². The number of hydrogen-bond donors (Lipinski definition) is 1. The SMILES string of the molecule is CS(=O)(=O)Nc1nc2ccc(S(=O)(=O)[O-])cc2s1.[Na+]. The van der Waals surface area contributed by atoms with E-state index in [1.165, 1.54) is 12.1 Å². The Morgan fingerprint density at radius 2 is 1.89 bits per heavy atom. The summed E-state index contributed by atoms with van der Waals surface area (Å²) in [6, 6.07) is 3.65. The van der Waals surface area contributed by atoms with Crippen LogP contribution in [0.1, 0.15) is 0 Å². The van der Waals surface area contributed by atoms with Crippen LogP contribution in [0.25, 0.3) is 10.2 Å². The first-order valence-corrected chi connectivity index (χ1v) is 8.61. The zero-order valence-electron chi connectivity index (χ0n) is 9.95. The van der Waals surface area contributed by atoms with Crippen LogP contribution in [0.3, 0.4) is 0 Å². The molecule has 0 aliphatic rings. The van der Waals surface area contributed by atoms with E-state index >= 15 is 0 Å². The molecule has 0 atom stereocenters. The van der Waals surface area contributed by atoms with Crippen molar-refractivity contribution in [1.29, 1.82) is 0 Å². The number of nitrogens with one attached hydrogen (secondary N) is 1. The van der Waals surface area contributed by atoms with Crippen LogP contribution in [0.2, 0.25) is 0 Å². The van der Waals surface area contributed by atoms with Gasteiger partial charge in [-0.25, -0.2) is 21.8 Å². The van der Waals surface area contributed by atoms with E-state index in [2.05, 4.69) is 9.71 Å².